The van der Waals surface area contributed by atoms with Crippen molar-refractivity contribution in [3.8, 4) is 0 Å². The van der Waals surface area contributed by atoms with Crippen molar-refractivity contribution in [2.45, 2.75) is 13.5 Å². The number of halogens is 2. The van der Waals surface area contributed by atoms with E-state index < -0.39 is 0 Å². The Balaban J connectivity index is 2.09. The fourth-order valence-electron chi connectivity index (χ4n) is 1.42. The number of nitrogens with zero attached hydrogens (tertiary/aromatic N) is 2. The lowest BCUT2D eigenvalue weighted by molar-refractivity contribution is 0.955. The standard InChI is InChI=1S/C12H11Cl2N3/c1-8-15-5-4-10(17-8)7-16-12-6-9(13)2-3-11(12)14/h2-6,16H,7H2,1H3. The Morgan fingerprint density at radius 3 is 2.82 bits per heavy atom. The highest BCUT2D eigenvalue weighted by Gasteiger charge is 2.02. The minimum absolute atomic E-state index is 0.587. The third-order valence-corrected chi connectivity index (χ3v) is 2.79. The molecule has 0 radical (unpaired) electrons. The summed E-state index contributed by atoms with van der Waals surface area (Å²) >= 11 is 11.9. The van der Waals surface area contributed by atoms with Gasteiger partial charge in [-0.2, -0.15) is 0 Å². The zero-order valence-corrected chi connectivity index (χ0v) is 10.8. The molecule has 0 saturated carbocycles. The summed E-state index contributed by atoms with van der Waals surface area (Å²) in [6.45, 7) is 2.44. The van der Waals surface area contributed by atoms with Crippen molar-refractivity contribution in [2.75, 3.05) is 5.32 Å². The SMILES string of the molecule is Cc1nccc(CNc2cc(Cl)ccc2Cl)n1. The zero-order chi connectivity index (χ0) is 12.3. The van der Waals surface area contributed by atoms with Gasteiger partial charge in [0.15, 0.2) is 0 Å². The fraction of sp³-hybridized carbons (Fsp3) is 0.167. The first-order valence-electron chi connectivity index (χ1n) is 5.12. The normalized spacial score (nSPS) is 10.3. The smallest absolute Gasteiger partial charge is 0.125 e. The van der Waals surface area contributed by atoms with E-state index in [2.05, 4.69) is 15.3 Å². The molecule has 5 heteroatoms. The number of hydrogen-bond donors (Lipinski definition) is 1. The minimum Gasteiger partial charge on any atom is -0.378 e. The van der Waals surface area contributed by atoms with Crippen LogP contribution in [0.1, 0.15) is 11.5 Å². The number of anilines is 1. The molecule has 1 heterocycles. The monoisotopic (exact) mass is 267 g/mol. The molecule has 0 unspecified atom stereocenters. The van der Waals surface area contributed by atoms with Gasteiger partial charge in [-0.15, -0.1) is 0 Å². The van der Waals surface area contributed by atoms with Crippen molar-refractivity contribution in [3.63, 3.8) is 0 Å². The topological polar surface area (TPSA) is 37.8 Å². The number of rotatable bonds is 3. The molecule has 0 atom stereocenters. The number of nitrogens with one attached hydrogen (secondary N) is 1. The minimum atomic E-state index is 0.587. The first kappa shape index (κ1) is 12.1. The Hall–Kier alpha value is -1.32. The van der Waals surface area contributed by atoms with Crippen molar-refractivity contribution < 1.29 is 0 Å². The van der Waals surface area contributed by atoms with E-state index >= 15 is 0 Å². The second-order valence-electron chi connectivity index (χ2n) is 3.57. The van der Waals surface area contributed by atoms with E-state index in [0.29, 0.717) is 16.6 Å². The van der Waals surface area contributed by atoms with Gasteiger partial charge in [-0.1, -0.05) is 23.2 Å². The van der Waals surface area contributed by atoms with Crippen molar-refractivity contribution >= 4 is 28.9 Å². The summed E-state index contributed by atoms with van der Waals surface area (Å²) < 4.78 is 0. The largest absolute Gasteiger partial charge is 0.378 e. The molecular weight excluding hydrogens is 257 g/mol. The molecule has 17 heavy (non-hydrogen) atoms. The molecule has 0 fully saturated rings. The zero-order valence-electron chi connectivity index (χ0n) is 9.24. The van der Waals surface area contributed by atoms with Crippen LogP contribution in [0.15, 0.2) is 30.5 Å². The summed E-state index contributed by atoms with van der Waals surface area (Å²) in [5.41, 5.74) is 1.71. The third kappa shape index (κ3) is 3.32. The molecular formula is C12H11Cl2N3. The second kappa shape index (κ2) is 5.34. The summed E-state index contributed by atoms with van der Waals surface area (Å²) in [5, 5.41) is 4.48. The van der Waals surface area contributed by atoms with E-state index in [-0.39, 0.29) is 0 Å². The van der Waals surface area contributed by atoms with Crippen molar-refractivity contribution in [3.05, 3.63) is 52.0 Å². The molecule has 0 aliphatic carbocycles. The number of benzene rings is 1. The molecule has 0 aliphatic heterocycles. The van der Waals surface area contributed by atoms with Crippen molar-refractivity contribution in [2.24, 2.45) is 0 Å². The predicted molar refractivity (Wildman–Crippen MR) is 70.6 cm³/mol. The van der Waals surface area contributed by atoms with E-state index in [1.54, 1.807) is 24.4 Å². The van der Waals surface area contributed by atoms with Gasteiger partial charge in [0.05, 0.1) is 22.9 Å². The molecule has 3 nitrogen and oxygen atoms in total. The van der Waals surface area contributed by atoms with Gasteiger partial charge < -0.3 is 5.32 Å². The highest BCUT2D eigenvalue weighted by Crippen LogP contribution is 2.25. The maximum Gasteiger partial charge on any atom is 0.125 e. The molecule has 0 spiro atoms. The van der Waals surface area contributed by atoms with Gasteiger partial charge in [0.1, 0.15) is 5.82 Å². The van der Waals surface area contributed by atoms with Crippen LogP contribution >= 0.6 is 23.2 Å². The first-order chi connectivity index (χ1) is 8.15. The number of aromatic nitrogens is 2. The molecule has 0 aliphatic rings. The van der Waals surface area contributed by atoms with Gasteiger partial charge in [-0.05, 0) is 31.2 Å². The molecule has 1 N–H and O–H groups in total. The summed E-state index contributed by atoms with van der Waals surface area (Å²) in [6, 6.07) is 7.16. The molecule has 1 aromatic heterocycles. The van der Waals surface area contributed by atoms with Crippen molar-refractivity contribution in [1.82, 2.24) is 9.97 Å². The molecule has 88 valence electrons. The molecule has 2 aromatic rings. The van der Waals surface area contributed by atoms with Crippen LogP contribution < -0.4 is 5.32 Å². The predicted octanol–water partition coefficient (Wildman–Crippen LogP) is 3.70. The van der Waals surface area contributed by atoms with Crippen LogP contribution in [-0.4, -0.2) is 9.97 Å². The van der Waals surface area contributed by atoms with E-state index in [1.807, 2.05) is 13.0 Å². The maximum absolute atomic E-state index is 6.04. The first-order valence-corrected chi connectivity index (χ1v) is 5.88. The highest BCUT2D eigenvalue weighted by molar-refractivity contribution is 6.35. The third-order valence-electron chi connectivity index (χ3n) is 2.22. The summed E-state index contributed by atoms with van der Waals surface area (Å²) in [5.74, 6) is 0.751. The average molecular weight is 268 g/mol. The van der Waals surface area contributed by atoms with E-state index in [0.717, 1.165) is 17.2 Å². The Morgan fingerprint density at radius 2 is 2.06 bits per heavy atom. The van der Waals surface area contributed by atoms with Crippen LogP contribution in [0.5, 0.6) is 0 Å². The van der Waals surface area contributed by atoms with Gasteiger partial charge in [0.2, 0.25) is 0 Å². The maximum atomic E-state index is 6.04. The number of aryl methyl sites for hydroxylation is 1. The molecule has 0 amide bonds. The Bertz CT molecular complexity index is 529. The molecule has 0 saturated heterocycles. The van der Waals surface area contributed by atoms with Crippen LogP contribution in [0.4, 0.5) is 5.69 Å². The number of hydrogen-bond acceptors (Lipinski definition) is 3. The Morgan fingerprint density at radius 1 is 1.24 bits per heavy atom. The van der Waals surface area contributed by atoms with Gasteiger partial charge in [-0.25, -0.2) is 9.97 Å². The van der Waals surface area contributed by atoms with Gasteiger partial charge >= 0.3 is 0 Å². The summed E-state index contributed by atoms with van der Waals surface area (Å²) in [7, 11) is 0. The Labute approximate surface area is 110 Å². The fourth-order valence-corrected chi connectivity index (χ4v) is 1.78. The summed E-state index contributed by atoms with van der Waals surface area (Å²) in [4.78, 5) is 8.33. The summed E-state index contributed by atoms with van der Waals surface area (Å²) in [6.07, 6.45) is 1.74. The van der Waals surface area contributed by atoms with Gasteiger partial charge in [0, 0.05) is 11.2 Å². The van der Waals surface area contributed by atoms with Crippen LogP contribution in [0.3, 0.4) is 0 Å². The second-order valence-corrected chi connectivity index (χ2v) is 4.42. The lowest BCUT2D eigenvalue weighted by Gasteiger charge is -2.08. The van der Waals surface area contributed by atoms with Crippen LogP contribution in [0.2, 0.25) is 10.0 Å². The lowest BCUT2D eigenvalue weighted by Crippen LogP contribution is -2.03. The Kier molecular flexibility index (Phi) is 3.82. The molecule has 1 aromatic carbocycles. The van der Waals surface area contributed by atoms with Crippen LogP contribution in [0.25, 0.3) is 0 Å². The van der Waals surface area contributed by atoms with Crippen molar-refractivity contribution in [1.29, 1.82) is 0 Å². The average Bonchev–Trinajstić information content (AvgIpc) is 2.30. The van der Waals surface area contributed by atoms with Crippen LogP contribution in [-0.2, 0) is 6.54 Å². The molecule has 0 bridgehead atoms. The van der Waals surface area contributed by atoms with Gasteiger partial charge in [-0.3, -0.25) is 0 Å². The lowest BCUT2D eigenvalue weighted by atomic mass is 10.3. The van der Waals surface area contributed by atoms with E-state index in [1.165, 1.54) is 0 Å². The van der Waals surface area contributed by atoms with Crippen LogP contribution in [0, 0.1) is 6.92 Å². The van der Waals surface area contributed by atoms with E-state index in [9.17, 15) is 0 Å². The quantitative estimate of drug-likeness (QED) is 0.922. The molecule has 2 rings (SSSR count). The van der Waals surface area contributed by atoms with Gasteiger partial charge in [0.25, 0.3) is 0 Å². The van der Waals surface area contributed by atoms with E-state index in [4.69, 9.17) is 23.2 Å². The highest BCUT2D eigenvalue weighted by atomic mass is 35.5.